The van der Waals surface area contributed by atoms with Gasteiger partial charge < -0.3 is 9.80 Å². The van der Waals surface area contributed by atoms with Gasteiger partial charge in [0.15, 0.2) is 0 Å². The average molecular weight is 401 g/mol. The quantitative estimate of drug-likeness (QED) is 0.744. The van der Waals surface area contributed by atoms with E-state index in [1.807, 2.05) is 30.3 Å². The van der Waals surface area contributed by atoms with Crippen LogP contribution in [0.25, 0.3) is 0 Å². The number of carbonyl (C=O) groups is 1. The summed E-state index contributed by atoms with van der Waals surface area (Å²) in [5.41, 5.74) is 1.29. The van der Waals surface area contributed by atoms with Crippen molar-refractivity contribution in [2.24, 2.45) is 0 Å². The second kappa shape index (κ2) is 9.54. The van der Waals surface area contributed by atoms with Crippen LogP contribution in [0.2, 0.25) is 5.02 Å². The van der Waals surface area contributed by atoms with E-state index in [1.165, 1.54) is 11.0 Å². The molecule has 0 aromatic heterocycles. The molecule has 2 aromatic rings. The fraction of sp³-hybridized carbons (Fsp3) is 0.333. The maximum Gasteiger partial charge on any atom is 0.241 e. The Morgan fingerprint density at radius 3 is 2.57 bits per heavy atom. The fourth-order valence-electron chi connectivity index (χ4n) is 3.33. The van der Waals surface area contributed by atoms with Crippen LogP contribution >= 0.6 is 11.6 Å². The highest BCUT2D eigenvalue weighted by Gasteiger charge is 2.24. The van der Waals surface area contributed by atoms with E-state index < -0.39 is 5.82 Å². The van der Waals surface area contributed by atoms with Gasteiger partial charge in [0.25, 0.3) is 0 Å². The molecule has 5 nitrogen and oxygen atoms in total. The maximum absolute atomic E-state index is 14.2. The predicted octanol–water partition coefficient (Wildman–Crippen LogP) is 3.55. The first kappa shape index (κ1) is 20.1. The second-order valence-corrected chi connectivity index (χ2v) is 7.08. The van der Waals surface area contributed by atoms with E-state index in [9.17, 15) is 9.18 Å². The molecule has 0 saturated carbocycles. The van der Waals surface area contributed by atoms with Crippen LogP contribution in [0.4, 0.5) is 15.8 Å². The minimum Gasteiger partial charge on any atom is -0.369 e. The summed E-state index contributed by atoms with van der Waals surface area (Å²) in [5, 5.41) is 9.59. The Morgan fingerprint density at radius 2 is 1.89 bits per heavy atom. The Morgan fingerprint density at radius 1 is 1.14 bits per heavy atom. The molecule has 1 amide bonds. The Bertz CT molecular complexity index is 861. The molecule has 146 valence electrons. The molecule has 0 aliphatic carbocycles. The molecule has 28 heavy (non-hydrogen) atoms. The minimum atomic E-state index is -0.459. The van der Waals surface area contributed by atoms with Gasteiger partial charge in [-0.05, 0) is 30.3 Å². The van der Waals surface area contributed by atoms with Crippen molar-refractivity contribution in [3.05, 3.63) is 59.4 Å². The zero-order chi connectivity index (χ0) is 19.9. The number of amides is 1. The largest absolute Gasteiger partial charge is 0.369 e. The summed E-state index contributed by atoms with van der Waals surface area (Å²) in [6, 6.07) is 15.9. The molecule has 0 N–H and O–H groups in total. The van der Waals surface area contributed by atoms with Crippen molar-refractivity contribution >= 4 is 28.9 Å². The number of benzene rings is 2. The molecule has 3 rings (SSSR count). The molecule has 1 saturated heterocycles. The standard InChI is InChI=1S/C21H22ClFN4O/c22-17-5-3-6-18(15-17)26-13-11-25(12-14-26)16-21(28)27(10-4-9-24)20-8-2-1-7-19(20)23/h1-3,5-8,15H,4,10-14,16H2. The number of anilines is 2. The van der Waals surface area contributed by atoms with Gasteiger partial charge in [0.1, 0.15) is 5.82 Å². The fourth-order valence-corrected chi connectivity index (χ4v) is 3.51. The van der Waals surface area contributed by atoms with Gasteiger partial charge in [-0.2, -0.15) is 5.26 Å². The number of piperazine rings is 1. The average Bonchev–Trinajstić information content (AvgIpc) is 2.70. The van der Waals surface area contributed by atoms with E-state index in [0.717, 1.165) is 31.9 Å². The molecule has 1 heterocycles. The summed E-state index contributed by atoms with van der Waals surface area (Å²) in [6.07, 6.45) is 0.155. The van der Waals surface area contributed by atoms with E-state index in [0.29, 0.717) is 5.02 Å². The SMILES string of the molecule is N#CCCN(C(=O)CN1CCN(c2cccc(Cl)c2)CC1)c1ccccc1F. The van der Waals surface area contributed by atoms with Crippen LogP contribution in [-0.2, 0) is 4.79 Å². The van der Waals surface area contributed by atoms with Gasteiger partial charge in [0.2, 0.25) is 5.91 Å². The lowest BCUT2D eigenvalue weighted by Gasteiger charge is -2.36. The van der Waals surface area contributed by atoms with Crippen LogP contribution in [0.15, 0.2) is 48.5 Å². The van der Waals surface area contributed by atoms with Crippen molar-refractivity contribution in [2.45, 2.75) is 6.42 Å². The lowest BCUT2D eigenvalue weighted by atomic mass is 10.2. The molecule has 0 atom stereocenters. The third kappa shape index (κ3) is 5.00. The highest BCUT2D eigenvalue weighted by molar-refractivity contribution is 6.30. The molecule has 1 aliphatic rings. The van der Waals surface area contributed by atoms with Gasteiger partial charge in [-0.15, -0.1) is 0 Å². The lowest BCUT2D eigenvalue weighted by Crippen LogP contribution is -2.50. The van der Waals surface area contributed by atoms with Gasteiger partial charge in [-0.1, -0.05) is 29.8 Å². The summed E-state index contributed by atoms with van der Waals surface area (Å²) in [7, 11) is 0. The smallest absolute Gasteiger partial charge is 0.241 e. The maximum atomic E-state index is 14.2. The second-order valence-electron chi connectivity index (χ2n) is 6.65. The molecule has 1 fully saturated rings. The molecule has 1 aliphatic heterocycles. The molecule has 2 aromatic carbocycles. The van der Waals surface area contributed by atoms with Gasteiger partial charge in [0.05, 0.1) is 24.7 Å². The molecular weight excluding hydrogens is 379 g/mol. The van der Waals surface area contributed by atoms with Crippen molar-refractivity contribution in [3.63, 3.8) is 0 Å². The number of nitriles is 1. The number of hydrogen-bond donors (Lipinski definition) is 0. The summed E-state index contributed by atoms with van der Waals surface area (Å²) in [6.45, 7) is 3.39. The Balaban J connectivity index is 1.61. The number of rotatable bonds is 6. The number of halogens is 2. The zero-order valence-electron chi connectivity index (χ0n) is 15.5. The Kier molecular flexibility index (Phi) is 6.85. The number of hydrogen-bond acceptors (Lipinski definition) is 4. The van der Waals surface area contributed by atoms with Crippen LogP contribution < -0.4 is 9.80 Å². The Hall–Kier alpha value is -2.62. The normalized spacial score (nSPS) is 14.5. The van der Waals surface area contributed by atoms with Gasteiger partial charge in [-0.3, -0.25) is 9.69 Å². The third-order valence-electron chi connectivity index (χ3n) is 4.80. The van der Waals surface area contributed by atoms with Crippen molar-refractivity contribution < 1.29 is 9.18 Å². The lowest BCUT2D eigenvalue weighted by molar-refractivity contribution is -0.119. The zero-order valence-corrected chi connectivity index (χ0v) is 16.3. The van der Waals surface area contributed by atoms with E-state index in [4.69, 9.17) is 16.9 Å². The number of para-hydroxylation sites is 1. The monoisotopic (exact) mass is 400 g/mol. The van der Waals surface area contributed by atoms with Gasteiger partial charge >= 0.3 is 0 Å². The molecule has 0 spiro atoms. The van der Waals surface area contributed by atoms with E-state index >= 15 is 0 Å². The first-order valence-electron chi connectivity index (χ1n) is 9.23. The van der Waals surface area contributed by atoms with E-state index in [-0.39, 0.29) is 31.1 Å². The number of carbonyl (C=O) groups excluding carboxylic acids is 1. The summed E-state index contributed by atoms with van der Waals surface area (Å²) < 4.78 is 14.2. The molecular formula is C21H22ClFN4O. The number of nitrogens with zero attached hydrogens (tertiary/aromatic N) is 4. The Labute approximate surface area is 169 Å². The molecule has 0 unspecified atom stereocenters. The van der Waals surface area contributed by atoms with E-state index in [2.05, 4.69) is 9.80 Å². The predicted molar refractivity (Wildman–Crippen MR) is 109 cm³/mol. The first-order valence-corrected chi connectivity index (χ1v) is 9.61. The van der Waals surface area contributed by atoms with Crippen LogP contribution in [0.5, 0.6) is 0 Å². The molecule has 0 radical (unpaired) electrons. The summed E-state index contributed by atoms with van der Waals surface area (Å²) >= 11 is 6.07. The van der Waals surface area contributed by atoms with Crippen LogP contribution in [0.3, 0.4) is 0 Å². The van der Waals surface area contributed by atoms with Gasteiger partial charge in [0, 0.05) is 43.4 Å². The van der Waals surface area contributed by atoms with Crippen molar-refractivity contribution in [1.29, 1.82) is 5.26 Å². The van der Waals surface area contributed by atoms with Crippen LogP contribution in [0, 0.1) is 17.1 Å². The summed E-state index contributed by atoms with van der Waals surface area (Å²) in [5.74, 6) is -0.656. The van der Waals surface area contributed by atoms with Crippen molar-refractivity contribution in [1.82, 2.24) is 4.90 Å². The highest BCUT2D eigenvalue weighted by Crippen LogP contribution is 2.22. The van der Waals surface area contributed by atoms with Crippen LogP contribution in [-0.4, -0.2) is 50.1 Å². The highest BCUT2D eigenvalue weighted by atomic mass is 35.5. The first-order chi connectivity index (χ1) is 13.6. The van der Waals surface area contributed by atoms with Crippen molar-refractivity contribution in [3.8, 4) is 6.07 Å². The van der Waals surface area contributed by atoms with Gasteiger partial charge in [-0.25, -0.2) is 4.39 Å². The van der Waals surface area contributed by atoms with E-state index in [1.54, 1.807) is 18.2 Å². The van der Waals surface area contributed by atoms with Crippen LogP contribution in [0.1, 0.15) is 6.42 Å². The van der Waals surface area contributed by atoms with Crippen molar-refractivity contribution in [2.75, 3.05) is 49.1 Å². The topological polar surface area (TPSA) is 50.6 Å². The molecule has 0 bridgehead atoms. The summed E-state index contributed by atoms with van der Waals surface area (Å²) in [4.78, 5) is 18.5. The molecule has 7 heteroatoms. The minimum absolute atomic E-state index is 0.155. The third-order valence-corrected chi connectivity index (χ3v) is 5.03.